The number of nitrogens with zero attached hydrogens (tertiary/aromatic N) is 2. The summed E-state index contributed by atoms with van der Waals surface area (Å²) in [6.07, 6.45) is 2.82. The number of aromatic nitrogens is 2. The lowest BCUT2D eigenvalue weighted by Crippen LogP contribution is -2.14. The highest BCUT2D eigenvalue weighted by molar-refractivity contribution is 7.89. The number of halogens is 2. The van der Waals surface area contributed by atoms with Crippen molar-refractivity contribution in [2.75, 3.05) is 0 Å². The van der Waals surface area contributed by atoms with Gasteiger partial charge >= 0.3 is 5.97 Å². The normalized spacial score (nSPS) is 13.1. The van der Waals surface area contributed by atoms with Gasteiger partial charge in [0.15, 0.2) is 5.69 Å². The Balaban J connectivity index is 1.51. The topological polar surface area (TPSA) is 115 Å². The highest BCUT2D eigenvalue weighted by atomic mass is 35.5. The predicted molar refractivity (Wildman–Crippen MR) is 171 cm³/mol. The second-order valence-electron chi connectivity index (χ2n) is 10.6. The number of hydrogen-bond acceptors (Lipinski definition) is 6. The van der Waals surface area contributed by atoms with E-state index in [1.807, 2.05) is 49.4 Å². The molecule has 2 aromatic carbocycles. The predicted octanol–water partition coefficient (Wildman–Crippen LogP) is 7.19. The molecule has 224 valence electrons. The van der Waals surface area contributed by atoms with Crippen LogP contribution in [0.25, 0.3) is 21.8 Å². The van der Waals surface area contributed by atoms with Crippen LogP contribution in [-0.4, -0.2) is 29.0 Å². The van der Waals surface area contributed by atoms with Crippen molar-refractivity contribution in [2.24, 2.45) is 11.1 Å². The van der Waals surface area contributed by atoms with E-state index in [0.29, 0.717) is 22.9 Å². The molecular weight excluding hydrogens is 641 g/mol. The van der Waals surface area contributed by atoms with Crippen molar-refractivity contribution in [1.29, 1.82) is 0 Å². The second kappa shape index (κ2) is 12.0. The van der Waals surface area contributed by atoms with Crippen LogP contribution < -0.4 is 5.14 Å². The number of nitrogens with two attached hydrogens (primary N) is 1. The summed E-state index contributed by atoms with van der Waals surface area (Å²) in [5.74, 6) is 4.76. The van der Waals surface area contributed by atoms with E-state index in [4.69, 9.17) is 16.7 Å². The van der Waals surface area contributed by atoms with Crippen LogP contribution in [0.4, 0.5) is 4.39 Å². The summed E-state index contributed by atoms with van der Waals surface area (Å²) < 4.78 is 40.7. The largest absolute Gasteiger partial charge is 0.476 e. The summed E-state index contributed by atoms with van der Waals surface area (Å²) in [6, 6.07) is 17.7. The maximum Gasteiger partial charge on any atom is 0.356 e. The summed E-state index contributed by atoms with van der Waals surface area (Å²) in [4.78, 5) is 17.7. The lowest BCUT2D eigenvalue weighted by Gasteiger charge is -2.16. The Bertz CT molecular complexity index is 2100. The molecule has 3 aromatic heterocycles. The van der Waals surface area contributed by atoms with Crippen LogP contribution in [0.1, 0.15) is 49.9 Å². The van der Waals surface area contributed by atoms with Gasteiger partial charge in [0.2, 0.25) is 10.0 Å². The number of thiophene rings is 1. The molecule has 0 unspecified atom stereocenters. The molecule has 0 radical (unpaired) electrons. The fraction of sp³-hybridized carbons (Fsp3) is 0.188. The van der Waals surface area contributed by atoms with Gasteiger partial charge in [-0.25, -0.2) is 27.7 Å². The van der Waals surface area contributed by atoms with Gasteiger partial charge in [0.05, 0.1) is 4.88 Å². The first-order chi connectivity index (χ1) is 21.0. The molecular formula is C32H25ClFN3O4S3. The monoisotopic (exact) mass is 665 g/mol. The van der Waals surface area contributed by atoms with Gasteiger partial charge in [0, 0.05) is 33.9 Å². The van der Waals surface area contributed by atoms with E-state index in [1.165, 1.54) is 17.0 Å². The SMILES string of the molecule is Cc1ccc(C#Cc2cccc(-c3cc(-c4nc(C(=O)O)c(Cl)s4)c(CC4CC4)n3Cc3ccc(S(N)(=O)=O)c(F)c3)c2)s1. The molecule has 0 spiro atoms. The Hall–Kier alpha value is -3.79. The molecule has 44 heavy (non-hydrogen) atoms. The van der Waals surface area contributed by atoms with Crippen LogP contribution in [0.5, 0.6) is 0 Å². The smallest absolute Gasteiger partial charge is 0.356 e. The number of carboxylic acid groups (broad SMARTS) is 1. The first kappa shape index (κ1) is 30.2. The Morgan fingerprint density at radius 3 is 2.57 bits per heavy atom. The number of carboxylic acids is 1. The van der Waals surface area contributed by atoms with Crippen molar-refractivity contribution in [3.8, 4) is 33.7 Å². The summed E-state index contributed by atoms with van der Waals surface area (Å²) in [5, 5.41) is 15.3. The minimum atomic E-state index is -4.22. The molecule has 7 nitrogen and oxygen atoms in total. The number of sulfonamides is 1. The van der Waals surface area contributed by atoms with Crippen LogP contribution in [0.3, 0.4) is 0 Å². The molecule has 5 aromatic rings. The maximum atomic E-state index is 14.9. The average molecular weight is 666 g/mol. The van der Waals surface area contributed by atoms with Gasteiger partial charge < -0.3 is 9.67 Å². The quantitative estimate of drug-likeness (QED) is 0.170. The standard InChI is InChI=1S/C32H25ClFN3O4S3/c1-18-5-10-23(42-18)11-8-19-3-2-4-22(13-19)26-16-24(31-36-29(32(38)39)30(33)43-31)27(15-20-6-7-20)37(26)17-21-9-12-28(25(34)14-21)44(35,40)41/h2-5,9-10,12-14,16,20H,6-7,15,17H2,1H3,(H,38,39)(H2,35,40,41). The van der Waals surface area contributed by atoms with Crippen LogP contribution >= 0.6 is 34.3 Å². The zero-order valence-corrected chi connectivity index (χ0v) is 26.5. The van der Waals surface area contributed by atoms with Crippen molar-refractivity contribution >= 4 is 50.3 Å². The fourth-order valence-corrected chi connectivity index (χ4v) is 7.48. The van der Waals surface area contributed by atoms with Crippen molar-refractivity contribution in [3.05, 3.63) is 103 Å². The van der Waals surface area contributed by atoms with Gasteiger partial charge in [-0.15, -0.1) is 22.7 Å². The van der Waals surface area contributed by atoms with E-state index in [9.17, 15) is 22.7 Å². The zero-order valence-electron chi connectivity index (χ0n) is 23.3. The first-order valence-corrected chi connectivity index (χ1v) is 17.1. The van der Waals surface area contributed by atoms with Gasteiger partial charge in [-0.2, -0.15) is 0 Å². The van der Waals surface area contributed by atoms with E-state index in [2.05, 4.69) is 21.4 Å². The number of carbonyl (C=O) groups is 1. The average Bonchev–Trinajstić information content (AvgIpc) is 3.38. The summed E-state index contributed by atoms with van der Waals surface area (Å²) >= 11 is 9.00. The van der Waals surface area contributed by atoms with Gasteiger partial charge in [0.1, 0.15) is 20.1 Å². The van der Waals surface area contributed by atoms with Crippen molar-refractivity contribution < 1.29 is 22.7 Å². The number of rotatable bonds is 8. The number of thiazole rings is 1. The molecule has 6 rings (SSSR count). The third-order valence-corrected chi connectivity index (χ3v) is 10.4. The molecule has 3 heterocycles. The third kappa shape index (κ3) is 6.50. The molecule has 3 N–H and O–H groups in total. The Kier molecular flexibility index (Phi) is 8.22. The lowest BCUT2D eigenvalue weighted by molar-refractivity contribution is 0.0691. The van der Waals surface area contributed by atoms with Gasteiger partial charge in [0.25, 0.3) is 0 Å². The number of primary sulfonamides is 1. The molecule has 0 bridgehead atoms. The Morgan fingerprint density at radius 2 is 1.93 bits per heavy atom. The summed E-state index contributed by atoms with van der Waals surface area (Å²) in [5.41, 5.74) is 4.43. The van der Waals surface area contributed by atoms with Gasteiger partial charge in [-0.3, -0.25) is 0 Å². The van der Waals surface area contributed by atoms with E-state index < -0.39 is 26.7 Å². The minimum Gasteiger partial charge on any atom is -0.476 e. The minimum absolute atomic E-state index is 0.0842. The van der Waals surface area contributed by atoms with Crippen molar-refractivity contribution in [2.45, 2.75) is 37.6 Å². The van der Waals surface area contributed by atoms with Gasteiger partial charge in [-0.05, 0) is 85.7 Å². The van der Waals surface area contributed by atoms with Crippen LogP contribution in [-0.2, 0) is 23.0 Å². The molecule has 0 aliphatic heterocycles. The molecule has 1 fully saturated rings. The van der Waals surface area contributed by atoms with E-state index in [-0.39, 0.29) is 16.6 Å². The van der Waals surface area contributed by atoms with E-state index in [1.54, 1.807) is 17.4 Å². The Labute approximate surface area is 266 Å². The number of aryl methyl sites for hydroxylation is 1. The molecule has 12 heteroatoms. The number of hydrogen-bond donors (Lipinski definition) is 2. The second-order valence-corrected chi connectivity index (χ2v) is 15.0. The summed E-state index contributed by atoms with van der Waals surface area (Å²) in [6.45, 7) is 2.25. The molecule has 1 saturated carbocycles. The molecule has 0 amide bonds. The maximum absolute atomic E-state index is 14.9. The third-order valence-electron chi connectivity index (χ3n) is 7.28. The van der Waals surface area contributed by atoms with Crippen LogP contribution in [0, 0.1) is 30.5 Å². The highest BCUT2D eigenvalue weighted by Crippen LogP contribution is 2.42. The Morgan fingerprint density at radius 1 is 1.14 bits per heavy atom. The molecule has 1 aliphatic rings. The van der Waals surface area contributed by atoms with Crippen LogP contribution in [0.2, 0.25) is 4.34 Å². The van der Waals surface area contributed by atoms with E-state index in [0.717, 1.165) is 57.1 Å². The first-order valence-electron chi connectivity index (χ1n) is 13.6. The molecule has 0 saturated heterocycles. The number of benzene rings is 2. The van der Waals surface area contributed by atoms with Crippen molar-refractivity contribution in [3.63, 3.8) is 0 Å². The van der Waals surface area contributed by atoms with Crippen molar-refractivity contribution in [1.82, 2.24) is 9.55 Å². The fourth-order valence-electron chi connectivity index (χ4n) is 5.01. The molecule has 0 atom stereocenters. The summed E-state index contributed by atoms with van der Waals surface area (Å²) in [7, 11) is -4.22. The lowest BCUT2D eigenvalue weighted by atomic mass is 10.1. The molecule has 1 aliphatic carbocycles. The van der Waals surface area contributed by atoms with E-state index >= 15 is 0 Å². The zero-order chi connectivity index (χ0) is 31.2. The van der Waals surface area contributed by atoms with Crippen LogP contribution in [0.15, 0.2) is 65.6 Å². The highest BCUT2D eigenvalue weighted by Gasteiger charge is 2.29. The number of aromatic carboxylic acids is 1. The van der Waals surface area contributed by atoms with Gasteiger partial charge in [-0.1, -0.05) is 41.6 Å².